The minimum Gasteiger partial charge on any atom is -0.256 e. The highest BCUT2D eigenvalue weighted by atomic mass is 19.1. The standard InChI is InChI=1S/C20H14FN/c1-13-10-16(8-9-19(13)21)20-11-15-7-6-14-4-2-3-5-17(14)18(15)12-22-20/h2-12H,1H3. The fourth-order valence-electron chi connectivity index (χ4n) is 2.86. The van der Waals surface area contributed by atoms with Crippen LogP contribution in [0.3, 0.4) is 0 Å². The molecule has 0 radical (unpaired) electrons. The van der Waals surface area contributed by atoms with Gasteiger partial charge in [-0.1, -0.05) is 36.4 Å². The summed E-state index contributed by atoms with van der Waals surface area (Å²) in [4.78, 5) is 4.58. The van der Waals surface area contributed by atoms with Crippen molar-refractivity contribution in [3.63, 3.8) is 0 Å². The summed E-state index contributed by atoms with van der Waals surface area (Å²) in [7, 11) is 0. The van der Waals surface area contributed by atoms with Gasteiger partial charge in [0, 0.05) is 17.1 Å². The maximum absolute atomic E-state index is 13.4. The van der Waals surface area contributed by atoms with E-state index in [1.807, 2.05) is 24.4 Å². The van der Waals surface area contributed by atoms with Gasteiger partial charge >= 0.3 is 0 Å². The van der Waals surface area contributed by atoms with Gasteiger partial charge in [-0.25, -0.2) is 4.39 Å². The van der Waals surface area contributed by atoms with Gasteiger partial charge in [-0.05, 0) is 52.9 Å². The highest BCUT2D eigenvalue weighted by Crippen LogP contribution is 2.28. The minimum absolute atomic E-state index is 0.185. The third-order valence-electron chi connectivity index (χ3n) is 4.08. The van der Waals surface area contributed by atoms with E-state index in [1.54, 1.807) is 13.0 Å². The lowest BCUT2D eigenvalue weighted by Gasteiger charge is -2.07. The molecule has 0 saturated carbocycles. The molecule has 0 N–H and O–H groups in total. The van der Waals surface area contributed by atoms with Crippen LogP contribution in [-0.4, -0.2) is 4.98 Å². The molecule has 1 nitrogen and oxygen atoms in total. The van der Waals surface area contributed by atoms with Gasteiger partial charge in [0.05, 0.1) is 5.69 Å². The average Bonchev–Trinajstić information content (AvgIpc) is 2.56. The Hall–Kier alpha value is -2.74. The summed E-state index contributed by atoms with van der Waals surface area (Å²) >= 11 is 0. The third-order valence-corrected chi connectivity index (χ3v) is 4.08. The van der Waals surface area contributed by atoms with Crippen LogP contribution in [0.15, 0.2) is 66.9 Å². The van der Waals surface area contributed by atoms with Gasteiger partial charge in [0.1, 0.15) is 5.82 Å². The zero-order valence-electron chi connectivity index (χ0n) is 12.2. The predicted molar refractivity (Wildman–Crippen MR) is 89.4 cm³/mol. The zero-order chi connectivity index (χ0) is 15.1. The van der Waals surface area contributed by atoms with Gasteiger partial charge in [0.15, 0.2) is 0 Å². The monoisotopic (exact) mass is 287 g/mol. The van der Waals surface area contributed by atoms with Crippen molar-refractivity contribution in [2.75, 3.05) is 0 Å². The number of fused-ring (bicyclic) bond motifs is 3. The van der Waals surface area contributed by atoms with Crippen LogP contribution in [0.4, 0.5) is 4.39 Å². The molecule has 106 valence electrons. The van der Waals surface area contributed by atoms with E-state index in [0.29, 0.717) is 5.56 Å². The van der Waals surface area contributed by atoms with Crippen molar-refractivity contribution in [1.29, 1.82) is 0 Å². The molecule has 2 heteroatoms. The number of halogens is 1. The second-order valence-corrected chi connectivity index (χ2v) is 5.54. The Bertz CT molecular complexity index is 1000. The number of nitrogens with zero attached hydrogens (tertiary/aromatic N) is 1. The third kappa shape index (κ3) is 2.04. The molecule has 1 heterocycles. The Kier molecular flexibility index (Phi) is 2.90. The van der Waals surface area contributed by atoms with Gasteiger partial charge in [-0.3, -0.25) is 4.98 Å². The molecule has 22 heavy (non-hydrogen) atoms. The number of pyridine rings is 1. The van der Waals surface area contributed by atoms with E-state index in [1.165, 1.54) is 16.8 Å². The maximum Gasteiger partial charge on any atom is 0.126 e. The van der Waals surface area contributed by atoms with E-state index in [-0.39, 0.29) is 5.82 Å². The van der Waals surface area contributed by atoms with Gasteiger partial charge in [-0.2, -0.15) is 0 Å². The van der Waals surface area contributed by atoms with Crippen LogP contribution in [0.25, 0.3) is 32.8 Å². The van der Waals surface area contributed by atoms with Gasteiger partial charge in [0.25, 0.3) is 0 Å². The largest absolute Gasteiger partial charge is 0.256 e. The Morgan fingerprint density at radius 2 is 1.64 bits per heavy atom. The summed E-state index contributed by atoms with van der Waals surface area (Å²) in [5.74, 6) is -0.185. The fraction of sp³-hybridized carbons (Fsp3) is 0.0500. The van der Waals surface area contributed by atoms with Crippen LogP contribution in [0.2, 0.25) is 0 Å². The predicted octanol–water partition coefficient (Wildman–Crippen LogP) is 5.50. The lowest BCUT2D eigenvalue weighted by atomic mass is 10.0. The van der Waals surface area contributed by atoms with Crippen LogP contribution in [0.5, 0.6) is 0 Å². The van der Waals surface area contributed by atoms with Gasteiger partial charge in [0.2, 0.25) is 0 Å². The van der Waals surface area contributed by atoms with Crippen LogP contribution in [0.1, 0.15) is 5.56 Å². The van der Waals surface area contributed by atoms with Crippen LogP contribution >= 0.6 is 0 Å². The Labute approximate surface area is 128 Å². The molecular weight excluding hydrogens is 273 g/mol. The van der Waals surface area contributed by atoms with Crippen LogP contribution in [0, 0.1) is 12.7 Å². The molecule has 0 fully saturated rings. The van der Waals surface area contributed by atoms with Crippen molar-refractivity contribution in [2.45, 2.75) is 6.92 Å². The molecule has 0 aliphatic rings. The summed E-state index contributed by atoms with van der Waals surface area (Å²) < 4.78 is 13.4. The van der Waals surface area contributed by atoms with Gasteiger partial charge < -0.3 is 0 Å². The highest BCUT2D eigenvalue weighted by molar-refractivity contribution is 6.07. The Morgan fingerprint density at radius 3 is 2.50 bits per heavy atom. The smallest absolute Gasteiger partial charge is 0.126 e. The molecule has 0 spiro atoms. The molecule has 1 aromatic heterocycles. The maximum atomic E-state index is 13.4. The van der Waals surface area contributed by atoms with E-state index in [0.717, 1.165) is 22.0 Å². The summed E-state index contributed by atoms with van der Waals surface area (Å²) in [6.45, 7) is 1.77. The highest BCUT2D eigenvalue weighted by Gasteiger charge is 2.06. The first-order valence-corrected chi connectivity index (χ1v) is 7.26. The lowest BCUT2D eigenvalue weighted by Crippen LogP contribution is -1.88. The van der Waals surface area contributed by atoms with E-state index in [4.69, 9.17) is 0 Å². The number of rotatable bonds is 1. The number of hydrogen-bond donors (Lipinski definition) is 0. The molecular formula is C20H14FN. The SMILES string of the molecule is Cc1cc(-c2cc3ccc4ccccc4c3cn2)ccc1F. The Balaban J connectivity index is 1.94. The summed E-state index contributed by atoms with van der Waals surface area (Å²) in [5, 5.41) is 4.70. The zero-order valence-corrected chi connectivity index (χ0v) is 12.2. The molecule has 0 amide bonds. The summed E-state index contributed by atoms with van der Waals surface area (Å²) in [6.07, 6.45) is 1.91. The van der Waals surface area contributed by atoms with Crippen molar-refractivity contribution >= 4 is 21.5 Å². The normalized spacial score (nSPS) is 11.2. The molecule has 0 aliphatic carbocycles. The Morgan fingerprint density at radius 1 is 0.818 bits per heavy atom. The molecule has 0 aliphatic heterocycles. The number of benzene rings is 3. The summed E-state index contributed by atoms with van der Waals surface area (Å²) in [5.41, 5.74) is 2.44. The van der Waals surface area contributed by atoms with E-state index in [2.05, 4.69) is 35.3 Å². The molecule has 0 atom stereocenters. The fourth-order valence-corrected chi connectivity index (χ4v) is 2.86. The van der Waals surface area contributed by atoms with Crippen molar-refractivity contribution in [2.24, 2.45) is 0 Å². The number of aromatic nitrogens is 1. The molecule has 0 saturated heterocycles. The molecule has 3 aromatic carbocycles. The first kappa shape index (κ1) is 13.0. The first-order chi connectivity index (χ1) is 10.7. The van der Waals surface area contributed by atoms with Crippen molar-refractivity contribution in [3.8, 4) is 11.3 Å². The van der Waals surface area contributed by atoms with Crippen molar-refractivity contribution in [1.82, 2.24) is 4.98 Å². The van der Waals surface area contributed by atoms with Crippen molar-refractivity contribution in [3.05, 3.63) is 78.2 Å². The van der Waals surface area contributed by atoms with Gasteiger partial charge in [-0.15, -0.1) is 0 Å². The van der Waals surface area contributed by atoms with E-state index >= 15 is 0 Å². The number of aryl methyl sites for hydroxylation is 1. The molecule has 0 unspecified atom stereocenters. The molecule has 0 bridgehead atoms. The van der Waals surface area contributed by atoms with E-state index < -0.39 is 0 Å². The topological polar surface area (TPSA) is 12.9 Å². The van der Waals surface area contributed by atoms with Crippen molar-refractivity contribution < 1.29 is 4.39 Å². The molecule has 4 rings (SSSR count). The second-order valence-electron chi connectivity index (χ2n) is 5.54. The lowest BCUT2D eigenvalue weighted by molar-refractivity contribution is 0.619. The van der Waals surface area contributed by atoms with Crippen LogP contribution < -0.4 is 0 Å². The minimum atomic E-state index is -0.185. The van der Waals surface area contributed by atoms with Crippen LogP contribution in [-0.2, 0) is 0 Å². The second kappa shape index (κ2) is 4.92. The summed E-state index contributed by atoms with van der Waals surface area (Å²) in [6, 6.07) is 19.7. The molecule has 4 aromatic rings. The first-order valence-electron chi connectivity index (χ1n) is 7.26. The average molecular weight is 287 g/mol. The quantitative estimate of drug-likeness (QED) is 0.421. The number of hydrogen-bond acceptors (Lipinski definition) is 1. The van der Waals surface area contributed by atoms with E-state index in [9.17, 15) is 4.39 Å².